The first kappa shape index (κ1) is 29.1. The topological polar surface area (TPSA) is 35.9 Å². The number of hydrogen-bond donors (Lipinski definition) is 0. The summed E-state index contributed by atoms with van der Waals surface area (Å²) in [4.78, 5) is 4.86. The predicted molar refractivity (Wildman–Crippen MR) is 250 cm³/mol. The minimum Gasteiger partial charge on any atom is -0.510 e. The molecule has 10 aromatic rings. The molecule has 0 atom stereocenters. The molecule has 1 fully saturated rings. The van der Waals surface area contributed by atoms with Crippen LogP contribution in [0.2, 0.25) is 25.2 Å². The number of pyridine rings is 1. The van der Waals surface area contributed by atoms with E-state index in [9.17, 15) is 1.37 Å². The summed E-state index contributed by atoms with van der Waals surface area (Å²) in [6.07, 6.45) is 6.87. The van der Waals surface area contributed by atoms with Gasteiger partial charge in [0.05, 0.1) is 30.4 Å². The quantitative estimate of drug-likeness (QED) is 0.0864. The van der Waals surface area contributed by atoms with Crippen LogP contribution in [0.4, 0.5) is 0 Å². The van der Waals surface area contributed by atoms with Gasteiger partial charge in [-0.1, -0.05) is 152 Å². The fraction of sp³-hybridized carbons (Fsp3) is 0.127. The molecule has 1 saturated heterocycles. The Bertz CT molecular complexity index is 3740. The summed E-state index contributed by atoms with van der Waals surface area (Å²) < 4.78 is 109. The summed E-state index contributed by atoms with van der Waals surface area (Å²) in [5.74, 6) is 0.781. The summed E-state index contributed by atoms with van der Waals surface area (Å²) >= 11 is 0. The minimum absolute atomic E-state index is 0. The molecule has 0 spiro atoms. The molecule has 5 nitrogen and oxygen atoms in total. The first-order valence-corrected chi connectivity index (χ1v) is 23.7. The van der Waals surface area contributed by atoms with Gasteiger partial charge in [0.25, 0.3) is 6.33 Å². The third-order valence-corrected chi connectivity index (χ3v) is 14.9. The molecule has 4 heterocycles. The number of rotatable bonds is 8. The van der Waals surface area contributed by atoms with E-state index in [2.05, 4.69) is 54.3 Å². The average Bonchev–Trinajstić information content (AvgIpc) is 3.93. The smallest absolute Gasteiger partial charge is 0.268 e. The zero-order valence-electron chi connectivity index (χ0n) is 44.8. The van der Waals surface area contributed by atoms with E-state index in [0.29, 0.717) is 34.0 Å². The minimum atomic E-state index is -1.30. The summed E-state index contributed by atoms with van der Waals surface area (Å²) in [7, 11) is -1.30. The van der Waals surface area contributed by atoms with Gasteiger partial charge in [-0.15, -0.1) is 29.7 Å². The molecule has 0 N–H and O–H groups in total. The van der Waals surface area contributed by atoms with Crippen LogP contribution in [-0.4, -0.2) is 22.2 Å². The van der Waals surface area contributed by atoms with E-state index in [1.54, 1.807) is 45.7 Å². The Morgan fingerprint density at radius 3 is 2.11 bits per heavy atom. The number of aromatic nitrogens is 4. The molecule has 0 unspecified atom stereocenters. The first-order valence-electron chi connectivity index (χ1n) is 25.8. The molecule has 0 bridgehead atoms. The van der Waals surface area contributed by atoms with E-state index in [1.807, 2.05) is 60.7 Å². The van der Waals surface area contributed by atoms with Gasteiger partial charge in [0.1, 0.15) is 5.82 Å². The van der Waals surface area contributed by atoms with Gasteiger partial charge in [0.15, 0.2) is 0 Å². The van der Waals surface area contributed by atoms with Crippen molar-refractivity contribution in [3.63, 3.8) is 0 Å². The summed E-state index contributed by atoms with van der Waals surface area (Å²) in [6, 6.07) is 37.3. The molecule has 3 aromatic heterocycles. The molecular formula is C55H44N4OPtSi-2. The number of imidazole rings is 1. The Hall–Kier alpha value is -6.33. The van der Waals surface area contributed by atoms with Gasteiger partial charge in [-0.3, -0.25) is 4.57 Å². The van der Waals surface area contributed by atoms with Crippen molar-refractivity contribution < 1.29 is 45.4 Å². The summed E-state index contributed by atoms with van der Waals surface area (Å²) in [5, 5.41) is 1.98. The van der Waals surface area contributed by atoms with Crippen molar-refractivity contribution in [1.82, 2.24) is 14.1 Å². The third kappa shape index (κ3) is 7.31. The molecule has 1 aliphatic heterocycles. The Balaban J connectivity index is 0.00000611. The van der Waals surface area contributed by atoms with E-state index in [1.165, 1.54) is 0 Å². The van der Waals surface area contributed by atoms with Crippen molar-refractivity contribution in [2.24, 2.45) is 0 Å². The van der Waals surface area contributed by atoms with Crippen LogP contribution >= 0.6 is 0 Å². The Morgan fingerprint density at radius 1 is 0.710 bits per heavy atom. The van der Waals surface area contributed by atoms with Gasteiger partial charge in [0, 0.05) is 53.7 Å². The molecule has 0 aliphatic carbocycles. The largest absolute Gasteiger partial charge is 0.510 e. The van der Waals surface area contributed by atoms with Crippen LogP contribution in [0.25, 0.3) is 72.3 Å². The van der Waals surface area contributed by atoms with E-state index < -0.39 is 74.4 Å². The van der Waals surface area contributed by atoms with Crippen LogP contribution in [0.1, 0.15) is 39.4 Å². The number of fused-ring (bicyclic) bond motifs is 4. The number of para-hydroxylation sites is 4. The molecule has 11 rings (SSSR count). The van der Waals surface area contributed by atoms with Gasteiger partial charge in [-0.2, -0.15) is 18.2 Å². The van der Waals surface area contributed by atoms with Crippen LogP contribution in [0, 0.1) is 18.5 Å². The van der Waals surface area contributed by atoms with Crippen molar-refractivity contribution >= 4 is 40.9 Å². The van der Waals surface area contributed by atoms with E-state index in [-0.39, 0.29) is 49.0 Å². The van der Waals surface area contributed by atoms with Crippen molar-refractivity contribution in [3.05, 3.63) is 200 Å². The normalized spacial score (nSPS) is 17.0. The molecule has 0 saturated carbocycles. The molecule has 0 amide bonds. The van der Waals surface area contributed by atoms with Crippen molar-refractivity contribution in [1.29, 1.82) is 0 Å². The molecule has 0 radical (unpaired) electrons. The fourth-order valence-electron chi connectivity index (χ4n) is 8.56. The van der Waals surface area contributed by atoms with Crippen LogP contribution in [-0.2, 0) is 21.1 Å². The van der Waals surface area contributed by atoms with E-state index in [0.717, 1.165) is 52.3 Å². The maximum atomic E-state index is 9.56. The van der Waals surface area contributed by atoms with Crippen LogP contribution in [0.15, 0.2) is 176 Å². The zero-order chi connectivity index (χ0) is 50.5. The van der Waals surface area contributed by atoms with Gasteiger partial charge in [-0.05, 0) is 75.8 Å². The molecule has 62 heavy (non-hydrogen) atoms. The predicted octanol–water partition coefficient (Wildman–Crippen LogP) is 13.5. The standard InChI is InChI=1S/C55H44N4OSi.Pt/c1-61(2)33-30-39(31-34-61)42-29-32-56-54(35-42)59-50-24-10-9-21-48(50)49-28-27-45(37-53(49)59)60-44-20-13-19-43(36-44)57-38-58(52-26-12-11-25-51(52)57)55-46(40-15-5-3-6-16-40)22-14-23-47(55)41-17-7-4-8-18-41;/h3-29,32,35,39H,30-31,33-34H2,1-2H3;/q-2;/i3D,4D,5D,6D,7D,8D,15D,16D,17D,18D,39D;. The molecule has 7 aromatic carbocycles. The van der Waals surface area contributed by atoms with Crippen molar-refractivity contribution in [3.8, 4) is 50.9 Å². The number of benzene rings is 7. The van der Waals surface area contributed by atoms with Crippen LogP contribution in [0.5, 0.6) is 11.5 Å². The molecule has 1 aliphatic rings. The third-order valence-electron chi connectivity index (χ3n) is 11.7. The Morgan fingerprint density at radius 2 is 1.37 bits per heavy atom. The fourth-order valence-corrected chi connectivity index (χ4v) is 10.8. The maximum absolute atomic E-state index is 9.56. The maximum Gasteiger partial charge on any atom is 0.268 e. The van der Waals surface area contributed by atoms with Gasteiger partial charge in [0.2, 0.25) is 0 Å². The Kier molecular flexibility index (Phi) is 7.73. The van der Waals surface area contributed by atoms with E-state index >= 15 is 0 Å². The Labute approximate surface area is 393 Å². The van der Waals surface area contributed by atoms with Crippen LogP contribution in [0.3, 0.4) is 0 Å². The van der Waals surface area contributed by atoms with Crippen molar-refractivity contribution in [2.75, 3.05) is 0 Å². The number of hydrogen-bond acceptors (Lipinski definition) is 2. The monoisotopic (exact) mass is 1010 g/mol. The molecule has 306 valence electrons. The zero-order valence-corrected chi connectivity index (χ0v) is 37.1. The average molecular weight is 1010 g/mol. The van der Waals surface area contributed by atoms with Crippen LogP contribution < -0.4 is 9.30 Å². The first-order chi connectivity index (χ1) is 34.5. The number of ether oxygens (including phenoxy) is 1. The summed E-state index contributed by atoms with van der Waals surface area (Å²) in [5.41, 5.74) is 4.45. The van der Waals surface area contributed by atoms with Gasteiger partial charge >= 0.3 is 0 Å². The number of nitrogens with zero attached hydrogens (tertiary/aromatic N) is 4. The summed E-state index contributed by atoms with van der Waals surface area (Å²) in [6.45, 7) is 4.82. The van der Waals surface area contributed by atoms with Gasteiger partial charge < -0.3 is 13.9 Å². The molecule has 7 heteroatoms. The van der Waals surface area contributed by atoms with Gasteiger partial charge in [-0.25, -0.2) is 4.98 Å². The second-order valence-corrected chi connectivity index (χ2v) is 21.4. The van der Waals surface area contributed by atoms with Crippen molar-refractivity contribution in [2.45, 2.75) is 43.9 Å². The second-order valence-electron chi connectivity index (χ2n) is 16.1. The van der Waals surface area contributed by atoms with E-state index in [4.69, 9.17) is 23.4 Å². The second kappa shape index (κ2) is 16.5. The SMILES string of the molecule is [2H]c1c([2H])c([2H])c(-c2cccc(-c3c([2H])c([2H])c([2H])c([2H])c3[2H])c2-[n+]2[c-]n(-c3[c-]c(Oc4[c-]c5c(cc4)c4ccccc4n5-c4cc(C5([2H])CC[Si](C)(C)CC5)ccn4)ccc3)c3ccccc32)c([2H])c1[2H].[Pt]. The molecular weight excluding hydrogens is 956 g/mol.